The van der Waals surface area contributed by atoms with Gasteiger partial charge in [0.1, 0.15) is 17.7 Å². The van der Waals surface area contributed by atoms with Crippen LogP contribution in [-0.4, -0.2) is 47.0 Å². The molecule has 1 aliphatic rings. The van der Waals surface area contributed by atoms with Gasteiger partial charge in [0.05, 0.1) is 0 Å². The molecule has 0 aliphatic carbocycles. The number of hydrogen-bond donors (Lipinski definition) is 2. The smallest absolute Gasteiger partial charge is 0.326 e. The largest absolute Gasteiger partial charge is 0.480 e. The molecule has 1 fully saturated rings. The molecule has 1 amide bonds. The van der Waals surface area contributed by atoms with Crippen LogP contribution in [0.25, 0.3) is 0 Å². The molecule has 0 spiro atoms. The van der Waals surface area contributed by atoms with Gasteiger partial charge in [-0.15, -0.1) is 0 Å². The molecule has 2 N–H and O–H groups in total. The van der Waals surface area contributed by atoms with Crippen molar-refractivity contribution in [1.82, 2.24) is 10.2 Å². The third-order valence-corrected chi connectivity index (χ3v) is 4.03. The number of likely N-dealkylation sites (tertiary alicyclic amines) is 1. The molecule has 0 radical (unpaired) electrons. The molecule has 6 nitrogen and oxygen atoms in total. The van der Waals surface area contributed by atoms with Crippen LogP contribution in [0.15, 0.2) is 17.3 Å². The number of nitrogens with one attached hydrogen (secondary N) is 1. The summed E-state index contributed by atoms with van der Waals surface area (Å²) < 4.78 is 0. The molecule has 122 valence electrons. The van der Waals surface area contributed by atoms with Crippen molar-refractivity contribution in [2.75, 3.05) is 13.1 Å². The predicted molar refractivity (Wildman–Crippen MR) is 82.9 cm³/mol. The van der Waals surface area contributed by atoms with Crippen LogP contribution < -0.4 is 5.32 Å². The predicted octanol–water partition coefficient (Wildman–Crippen LogP) is 1.39. The third-order valence-electron chi connectivity index (χ3n) is 3.88. The number of amides is 1. The summed E-state index contributed by atoms with van der Waals surface area (Å²) >= 11 is 5.56. The Morgan fingerprint density at radius 2 is 2.27 bits per heavy atom. The number of allylic oxidation sites excluding steroid dienone is 1. The van der Waals surface area contributed by atoms with Crippen LogP contribution in [0.1, 0.15) is 26.7 Å². The van der Waals surface area contributed by atoms with Crippen LogP contribution in [0, 0.1) is 11.8 Å². The fourth-order valence-electron chi connectivity index (χ4n) is 2.62. The second-order valence-corrected chi connectivity index (χ2v) is 5.62. The summed E-state index contributed by atoms with van der Waals surface area (Å²) in [4.78, 5) is 35.3. The Morgan fingerprint density at radius 3 is 2.73 bits per heavy atom. The van der Waals surface area contributed by atoms with Gasteiger partial charge in [-0.2, -0.15) is 0 Å². The molecule has 1 saturated heterocycles. The first kappa shape index (κ1) is 18.3. The SMILES string of the molecule is CCC(CNC(C)=O)CN1C(=C=O)C(/C=C\Cl)CC1C(=O)O. The molecular formula is C15H21ClN2O4. The molecular weight excluding hydrogens is 308 g/mol. The van der Waals surface area contributed by atoms with E-state index in [1.807, 2.05) is 12.9 Å². The standard InChI is InChI=1S/C15H21ClN2O4/c1-3-11(7-17-10(2)20)8-18-13(15(21)22)6-12(4-5-16)14(18)9-19/h4-5,11-13H,3,6-8H2,1-2H3,(H,17,20)(H,21,22)/b5-4-. The Balaban J connectivity index is 2.92. The van der Waals surface area contributed by atoms with Gasteiger partial charge < -0.3 is 15.3 Å². The van der Waals surface area contributed by atoms with Gasteiger partial charge in [-0.05, 0) is 18.8 Å². The van der Waals surface area contributed by atoms with E-state index in [1.165, 1.54) is 12.5 Å². The van der Waals surface area contributed by atoms with Crippen LogP contribution in [-0.2, 0) is 14.4 Å². The number of carboxylic acids is 1. The minimum Gasteiger partial charge on any atom is -0.480 e. The Morgan fingerprint density at radius 1 is 1.59 bits per heavy atom. The van der Waals surface area contributed by atoms with Crippen molar-refractivity contribution in [2.24, 2.45) is 11.8 Å². The highest BCUT2D eigenvalue weighted by atomic mass is 35.5. The summed E-state index contributed by atoms with van der Waals surface area (Å²) in [5, 5.41) is 12.1. The van der Waals surface area contributed by atoms with Crippen LogP contribution in [0.5, 0.6) is 0 Å². The second-order valence-electron chi connectivity index (χ2n) is 5.37. The maximum Gasteiger partial charge on any atom is 0.326 e. The van der Waals surface area contributed by atoms with Gasteiger partial charge in [0, 0.05) is 31.5 Å². The van der Waals surface area contributed by atoms with E-state index in [0.717, 1.165) is 6.42 Å². The maximum atomic E-state index is 11.4. The number of carboxylic acid groups (broad SMARTS) is 1. The summed E-state index contributed by atoms with van der Waals surface area (Å²) in [6.45, 7) is 4.21. The van der Waals surface area contributed by atoms with Crippen LogP contribution >= 0.6 is 11.6 Å². The van der Waals surface area contributed by atoms with E-state index in [2.05, 4.69) is 5.32 Å². The molecule has 3 atom stereocenters. The quantitative estimate of drug-likeness (QED) is 0.690. The van der Waals surface area contributed by atoms with Gasteiger partial charge in [0.2, 0.25) is 5.91 Å². The second kappa shape index (κ2) is 8.61. The summed E-state index contributed by atoms with van der Waals surface area (Å²) in [5.74, 6) is 0.456. The van der Waals surface area contributed by atoms with E-state index in [0.29, 0.717) is 25.2 Å². The lowest BCUT2D eigenvalue weighted by Crippen LogP contribution is -2.41. The van der Waals surface area contributed by atoms with E-state index in [4.69, 9.17) is 11.6 Å². The van der Waals surface area contributed by atoms with Gasteiger partial charge in [-0.25, -0.2) is 9.59 Å². The average Bonchev–Trinajstić information content (AvgIpc) is 2.81. The van der Waals surface area contributed by atoms with Crippen molar-refractivity contribution in [2.45, 2.75) is 32.7 Å². The molecule has 0 bridgehead atoms. The van der Waals surface area contributed by atoms with Gasteiger partial charge in [-0.1, -0.05) is 24.6 Å². The minimum absolute atomic E-state index is 0.0489. The molecule has 1 rings (SSSR count). The van der Waals surface area contributed by atoms with E-state index in [-0.39, 0.29) is 17.7 Å². The fraction of sp³-hybridized carbons (Fsp3) is 0.600. The zero-order chi connectivity index (χ0) is 16.7. The number of carbonyl (C=O) groups excluding carboxylic acids is 2. The molecule has 0 saturated carbocycles. The molecule has 0 aromatic carbocycles. The average molecular weight is 329 g/mol. The highest BCUT2D eigenvalue weighted by Crippen LogP contribution is 2.34. The molecule has 0 aromatic rings. The topological polar surface area (TPSA) is 86.7 Å². The first-order chi connectivity index (χ1) is 10.4. The zero-order valence-corrected chi connectivity index (χ0v) is 13.5. The first-order valence-corrected chi connectivity index (χ1v) is 7.63. The van der Waals surface area contributed by atoms with Crippen molar-refractivity contribution < 1.29 is 19.5 Å². The summed E-state index contributed by atoms with van der Waals surface area (Å²) in [7, 11) is 0. The number of carbonyl (C=O) groups is 2. The molecule has 1 heterocycles. The van der Waals surface area contributed by atoms with E-state index < -0.39 is 12.0 Å². The molecule has 0 aromatic heterocycles. The first-order valence-electron chi connectivity index (χ1n) is 7.20. The molecule has 7 heteroatoms. The number of aliphatic carboxylic acids is 1. The van der Waals surface area contributed by atoms with Crippen molar-refractivity contribution in [3.05, 3.63) is 17.3 Å². The highest BCUT2D eigenvalue weighted by Gasteiger charge is 2.40. The van der Waals surface area contributed by atoms with E-state index in [9.17, 15) is 19.5 Å². The van der Waals surface area contributed by atoms with Gasteiger partial charge in [0.25, 0.3) is 0 Å². The third kappa shape index (κ3) is 4.61. The summed E-state index contributed by atoms with van der Waals surface area (Å²) in [6, 6.07) is -0.777. The molecule has 22 heavy (non-hydrogen) atoms. The lowest BCUT2D eigenvalue weighted by molar-refractivity contribution is -0.142. The maximum absolute atomic E-state index is 11.4. The van der Waals surface area contributed by atoms with Crippen LogP contribution in [0.3, 0.4) is 0 Å². The Kier molecular flexibility index (Phi) is 7.15. The number of nitrogens with zero attached hydrogens (tertiary/aromatic N) is 1. The zero-order valence-electron chi connectivity index (χ0n) is 12.7. The number of halogens is 1. The van der Waals surface area contributed by atoms with E-state index in [1.54, 1.807) is 11.0 Å². The highest BCUT2D eigenvalue weighted by molar-refractivity contribution is 6.25. The number of hydrogen-bond acceptors (Lipinski definition) is 4. The Labute approximate surface area is 134 Å². The molecule has 1 aliphatic heterocycles. The fourth-order valence-corrected chi connectivity index (χ4v) is 2.79. The molecule has 3 unspecified atom stereocenters. The summed E-state index contributed by atoms with van der Waals surface area (Å²) in [5.41, 5.74) is 1.60. The normalized spacial score (nSPS) is 22.7. The Hall–Kier alpha value is -1.78. The Bertz CT molecular complexity index is 500. The van der Waals surface area contributed by atoms with Crippen molar-refractivity contribution in [3.8, 4) is 0 Å². The van der Waals surface area contributed by atoms with Gasteiger partial charge >= 0.3 is 5.97 Å². The number of rotatable bonds is 7. The van der Waals surface area contributed by atoms with Crippen LogP contribution in [0.2, 0.25) is 0 Å². The van der Waals surface area contributed by atoms with Gasteiger partial charge in [-0.3, -0.25) is 4.79 Å². The van der Waals surface area contributed by atoms with Crippen molar-refractivity contribution in [1.29, 1.82) is 0 Å². The van der Waals surface area contributed by atoms with Crippen LogP contribution in [0.4, 0.5) is 0 Å². The van der Waals surface area contributed by atoms with E-state index >= 15 is 0 Å². The lowest BCUT2D eigenvalue weighted by atomic mass is 10.0. The lowest BCUT2D eigenvalue weighted by Gasteiger charge is -2.28. The van der Waals surface area contributed by atoms with Crippen molar-refractivity contribution >= 4 is 29.4 Å². The van der Waals surface area contributed by atoms with Crippen molar-refractivity contribution in [3.63, 3.8) is 0 Å². The monoisotopic (exact) mass is 328 g/mol. The minimum atomic E-state index is -0.979. The van der Waals surface area contributed by atoms with Gasteiger partial charge in [0.15, 0.2) is 0 Å². The summed E-state index contributed by atoms with van der Waals surface area (Å²) in [6.07, 6.45) is 2.65.